The second kappa shape index (κ2) is 30.0. The van der Waals surface area contributed by atoms with Gasteiger partial charge >= 0.3 is 0 Å². The zero-order valence-corrected chi connectivity index (χ0v) is 19.3. The monoisotopic (exact) mass is 422 g/mol. The number of aliphatic hydroxyl groups is 3. The van der Waals surface area contributed by atoms with Crippen LogP contribution in [0.2, 0.25) is 0 Å². The first-order chi connectivity index (χ1) is 14.2. The molecule has 0 radical (unpaired) electrons. The summed E-state index contributed by atoms with van der Waals surface area (Å²) >= 11 is 0. The number of ether oxygens (including phenoxy) is 3. The van der Waals surface area contributed by atoms with Crippen LogP contribution in [-0.2, 0) is 14.2 Å². The third-order valence-corrected chi connectivity index (χ3v) is 4.45. The maximum atomic E-state index is 8.17. The van der Waals surface area contributed by atoms with E-state index in [0.29, 0.717) is 26.4 Å². The first-order valence-electron chi connectivity index (χ1n) is 11.9. The number of hydrogen-bond donors (Lipinski definition) is 3. The first kappa shape index (κ1) is 30.9. The van der Waals surface area contributed by atoms with Crippen molar-refractivity contribution in [3.05, 3.63) is 0 Å². The number of unbranched alkanes of at least 4 members (excludes halogenated alkanes) is 10. The lowest BCUT2D eigenvalue weighted by Crippen LogP contribution is -2.15. The minimum Gasteiger partial charge on any atom is -0.394 e. The summed E-state index contributed by atoms with van der Waals surface area (Å²) in [6.07, 6.45) is 14.8. The summed E-state index contributed by atoms with van der Waals surface area (Å²) < 4.78 is 16.6. The lowest BCUT2D eigenvalue weighted by Gasteiger charge is -2.07. The highest BCUT2D eigenvalue weighted by Gasteiger charge is 1.95. The SMILES string of the molecule is CCCCCCCCOCCOCCOCCCCCCCC.OCC(O)CO. The minimum atomic E-state index is -0.954. The molecule has 0 rings (SSSR count). The Bertz CT molecular complexity index is 242. The molecule has 0 aromatic rings. The van der Waals surface area contributed by atoms with Crippen molar-refractivity contribution >= 4 is 0 Å². The zero-order valence-electron chi connectivity index (χ0n) is 19.3. The van der Waals surface area contributed by atoms with Gasteiger partial charge in [-0.1, -0.05) is 78.1 Å². The Morgan fingerprint density at radius 1 is 0.483 bits per heavy atom. The Balaban J connectivity index is 0. The van der Waals surface area contributed by atoms with Gasteiger partial charge < -0.3 is 29.5 Å². The fourth-order valence-corrected chi connectivity index (χ4v) is 2.57. The van der Waals surface area contributed by atoms with Crippen LogP contribution in [0.5, 0.6) is 0 Å². The van der Waals surface area contributed by atoms with Crippen molar-refractivity contribution < 1.29 is 29.5 Å². The molecule has 0 heterocycles. The molecule has 0 spiro atoms. The van der Waals surface area contributed by atoms with Crippen molar-refractivity contribution in [3.63, 3.8) is 0 Å². The van der Waals surface area contributed by atoms with Gasteiger partial charge in [0.2, 0.25) is 0 Å². The number of rotatable bonds is 22. The van der Waals surface area contributed by atoms with Crippen molar-refractivity contribution in [2.75, 3.05) is 52.9 Å². The van der Waals surface area contributed by atoms with Crippen LogP contribution in [0.1, 0.15) is 90.9 Å². The minimum absolute atomic E-state index is 0.365. The summed E-state index contributed by atoms with van der Waals surface area (Å²) in [5.74, 6) is 0. The van der Waals surface area contributed by atoms with E-state index in [1.807, 2.05) is 0 Å². The Kier molecular flexibility index (Phi) is 32.0. The van der Waals surface area contributed by atoms with E-state index in [1.54, 1.807) is 0 Å². The molecule has 0 amide bonds. The molecule has 0 aliphatic heterocycles. The van der Waals surface area contributed by atoms with Crippen molar-refractivity contribution in [3.8, 4) is 0 Å². The van der Waals surface area contributed by atoms with Gasteiger partial charge in [0.05, 0.1) is 39.6 Å². The van der Waals surface area contributed by atoms with Crippen LogP contribution in [0.25, 0.3) is 0 Å². The molecular formula is C23H50O6. The van der Waals surface area contributed by atoms with Gasteiger partial charge in [-0.05, 0) is 12.8 Å². The van der Waals surface area contributed by atoms with Gasteiger partial charge in [-0.3, -0.25) is 0 Å². The Hall–Kier alpha value is -0.240. The molecule has 0 aliphatic rings. The van der Waals surface area contributed by atoms with Crippen LogP contribution in [0.3, 0.4) is 0 Å². The van der Waals surface area contributed by atoms with Gasteiger partial charge in [0.25, 0.3) is 0 Å². The molecular weight excluding hydrogens is 372 g/mol. The van der Waals surface area contributed by atoms with Gasteiger partial charge in [0, 0.05) is 13.2 Å². The standard InChI is InChI=1S/C20H42O3.C3H8O3/c1-3-5-7-9-11-13-15-21-17-19-23-20-18-22-16-14-12-10-8-6-4-2;4-1-3(6)2-5/h3-20H2,1-2H3;3-6H,1-2H2. The van der Waals surface area contributed by atoms with Gasteiger partial charge in [-0.25, -0.2) is 0 Å². The molecule has 0 unspecified atom stereocenters. The van der Waals surface area contributed by atoms with Crippen LogP contribution in [0.4, 0.5) is 0 Å². The van der Waals surface area contributed by atoms with Gasteiger partial charge in [0.1, 0.15) is 6.10 Å². The largest absolute Gasteiger partial charge is 0.394 e. The van der Waals surface area contributed by atoms with Crippen LogP contribution < -0.4 is 0 Å². The maximum Gasteiger partial charge on any atom is 0.100 e. The summed E-state index contributed by atoms with van der Waals surface area (Å²) in [5.41, 5.74) is 0. The average molecular weight is 423 g/mol. The maximum absolute atomic E-state index is 8.17. The van der Waals surface area contributed by atoms with E-state index in [2.05, 4.69) is 13.8 Å². The Labute approximate surface area is 179 Å². The smallest absolute Gasteiger partial charge is 0.100 e. The van der Waals surface area contributed by atoms with Gasteiger partial charge in [-0.15, -0.1) is 0 Å². The second-order valence-corrected chi connectivity index (χ2v) is 7.39. The van der Waals surface area contributed by atoms with E-state index in [1.165, 1.54) is 77.0 Å². The van der Waals surface area contributed by atoms with E-state index in [-0.39, 0.29) is 13.2 Å². The second-order valence-electron chi connectivity index (χ2n) is 7.39. The van der Waals surface area contributed by atoms with E-state index in [0.717, 1.165) is 13.2 Å². The van der Waals surface area contributed by atoms with Crippen LogP contribution in [0, 0.1) is 0 Å². The fourth-order valence-electron chi connectivity index (χ4n) is 2.57. The normalized spacial score (nSPS) is 11.0. The van der Waals surface area contributed by atoms with Crippen molar-refractivity contribution in [2.24, 2.45) is 0 Å². The third-order valence-electron chi connectivity index (χ3n) is 4.45. The van der Waals surface area contributed by atoms with Gasteiger partial charge in [0.15, 0.2) is 0 Å². The zero-order chi connectivity index (χ0) is 21.8. The summed E-state index contributed by atoms with van der Waals surface area (Å²) in [4.78, 5) is 0. The summed E-state index contributed by atoms with van der Waals surface area (Å²) in [6, 6.07) is 0. The van der Waals surface area contributed by atoms with E-state index in [4.69, 9.17) is 29.5 Å². The Morgan fingerprint density at radius 3 is 1.10 bits per heavy atom. The highest BCUT2D eigenvalue weighted by atomic mass is 16.5. The quantitative estimate of drug-likeness (QED) is 0.228. The van der Waals surface area contributed by atoms with Crippen LogP contribution in [0.15, 0.2) is 0 Å². The third kappa shape index (κ3) is 32.6. The fraction of sp³-hybridized carbons (Fsp3) is 1.00. The molecule has 3 N–H and O–H groups in total. The lowest BCUT2D eigenvalue weighted by atomic mass is 10.1. The number of aliphatic hydroxyl groups excluding tert-OH is 3. The van der Waals surface area contributed by atoms with E-state index in [9.17, 15) is 0 Å². The molecule has 6 heteroatoms. The molecule has 0 fully saturated rings. The molecule has 0 atom stereocenters. The van der Waals surface area contributed by atoms with Crippen molar-refractivity contribution in [1.82, 2.24) is 0 Å². The van der Waals surface area contributed by atoms with Crippen LogP contribution >= 0.6 is 0 Å². The van der Waals surface area contributed by atoms with Gasteiger partial charge in [-0.2, -0.15) is 0 Å². The average Bonchev–Trinajstić information content (AvgIpc) is 2.75. The highest BCUT2D eigenvalue weighted by Crippen LogP contribution is 2.05. The molecule has 6 nitrogen and oxygen atoms in total. The van der Waals surface area contributed by atoms with Crippen molar-refractivity contribution in [2.45, 2.75) is 97.0 Å². The topological polar surface area (TPSA) is 88.4 Å². The Morgan fingerprint density at radius 2 is 0.793 bits per heavy atom. The summed E-state index contributed by atoms with van der Waals surface area (Å²) in [7, 11) is 0. The lowest BCUT2D eigenvalue weighted by molar-refractivity contribution is 0.0132. The molecule has 29 heavy (non-hydrogen) atoms. The van der Waals surface area contributed by atoms with Crippen LogP contribution in [-0.4, -0.2) is 74.3 Å². The van der Waals surface area contributed by atoms with E-state index < -0.39 is 6.10 Å². The molecule has 0 aromatic heterocycles. The predicted molar refractivity (Wildman–Crippen MR) is 119 cm³/mol. The molecule has 0 bridgehead atoms. The molecule has 178 valence electrons. The highest BCUT2D eigenvalue weighted by molar-refractivity contribution is 4.45. The predicted octanol–water partition coefficient (Wildman–Crippen LogP) is 4.09. The first-order valence-corrected chi connectivity index (χ1v) is 11.9. The summed E-state index contributed by atoms with van der Waals surface area (Å²) in [6.45, 7) is 8.35. The number of hydrogen-bond acceptors (Lipinski definition) is 6. The molecule has 0 aliphatic carbocycles. The molecule has 0 aromatic carbocycles. The van der Waals surface area contributed by atoms with E-state index >= 15 is 0 Å². The molecule has 0 saturated carbocycles. The summed E-state index contributed by atoms with van der Waals surface area (Å²) in [5, 5.41) is 24.0. The van der Waals surface area contributed by atoms with Crippen molar-refractivity contribution in [1.29, 1.82) is 0 Å². The molecule has 0 saturated heterocycles.